The normalized spacial score (nSPS) is 10.9. The third-order valence-corrected chi connectivity index (χ3v) is 3.82. The molecule has 0 aliphatic carbocycles. The van der Waals surface area contributed by atoms with Gasteiger partial charge in [-0.05, 0) is 36.4 Å². The van der Waals surface area contributed by atoms with Crippen molar-refractivity contribution in [2.45, 2.75) is 0 Å². The number of aromatic amines is 1. The minimum absolute atomic E-state index is 0.118. The van der Waals surface area contributed by atoms with E-state index in [1.54, 1.807) is 37.4 Å². The van der Waals surface area contributed by atoms with Gasteiger partial charge in [-0.3, -0.25) is 9.78 Å². The molecule has 2 N–H and O–H groups in total. The summed E-state index contributed by atoms with van der Waals surface area (Å²) in [5.41, 5.74) is 3.55. The van der Waals surface area contributed by atoms with Crippen LogP contribution in [0.1, 0.15) is 5.56 Å². The standard InChI is InChI=1S/C18H14ClFN4O2/c1-26-12-7-5-11(6-8-12)16-9-17(25)23-18(22-16)24-21-10-13-14(19)3-2-4-15(13)20/h2-10H,1H3,(H2,22,23,24,25)/b21-10-. The summed E-state index contributed by atoms with van der Waals surface area (Å²) < 4.78 is 18.8. The second-order valence-corrected chi connectivity index (χ2v) is 5.62. The molecule has 0 amide bonds. The number of methoxy groups -OCH3 is 1. The molecule has 0 spiro atoms. The molecule has 0 bridgehead atoms. The first-order valence-corrected chi connectivity index (χ1v) is 7.93. The Bertz CT molecular complexity index is 983. The maximum absolute atomic E-state index is 13.7. The maximum Gasteiger partial charge on any atom is 0.252 e. The summed E-state index contributed by atoms with van der Waals surface area (Å²) in [6.07, 6.45) is 1.22. The van der Waals surface area contributed by atoms with E-state index < -0.39 is 5.82 Å². The summed E-state index contributed by atoms with van der Waals surface area (Å²) in [5.74, 6) is 0.312. The van der Waals surface area contributed by atoms with Crippen molar-refractivity contribution in [2.75, 3.05) is 12.5 Å². The number of hydrazone groups is 1. The van der Waals surface area contributed by atoms with Gasteiger partial charge in [-0.15, -0.1) is 0 Å². The fraction of sp³-hybridized carbons (Fsp3) is 0.0556. The van der Waals surface area contributed by atoms with E-state index >= 15 is 0 Å². The van der Waals surface area contributed by atoms with Gasteiger partial charge in [0.15, 0.2) is 0 Å². The molecule has 3 aromatic rings. The van der Waals surface area contributed by atoms with Gasteiger partial charge in [0.25, 0.3) is 5.56 Å². The smallest absolute Gasteiger partial charge is 0.252 e. The molecule has 3 rings (SSSR count). The summed E-state index contributed by atoms with van der Waals surface area (Å²) in [6, 6.07) is 12.8. The van der Waals surface area contributed by atoms with E-state index in [9.17, 15) is 9.18 Å². The van der Waals surface area contributed by atoms with Crippen molar-refractivity contribution in [3.8, 4) is 17.0 Å². The van der Waals surface area contributed by atoms with Crippen LogP contribution in [0.2, 0.25) is 5.02 Å². The zero-order chi connectivity index (χ0) is 18.5. The van der Waals surface area contributed by atoms with Crippen molar-refractivity contribution in [2.24, 2.45) is 5.10 Å². The molecular weight excluding hydrogens is 359 g/mol. The number of aromatic nitrogens is 2. The predicted molar refractivity (Wildman–Crippen MR) is 99.5 cm³/mol. The van der Waals surface area contributed by atoms with E-state index in [4.69, 9.17) is 16.3 Å². The minimum atomic E-state index is -0.503. The Morgan fingerprint density at radius 3 is 2.73 bits per heavy atom. The van der Waals surface area contributed by atoms with Crippen LogP contribution in [0.3, 0.4) is 0 Å². The largest absolute Gasteiger partial charge is 0.497 e. The van der Waals surface area contributed by atoms with Crippen LogP contribution in [0, 0.1) is 5.82 Å². The number of halogens is 2. The van der Waals surface area contributed by atoms with Crippen LogP contribution in [0.5, 0.6) is 5.75 Å². The molecule has 0 atom stereocenters. The molecule has 26 heavy (non-hydrogen) atoms. The molecule has 0 fully saturated rings. The Morgan fingerprint density at radius 2 is 2.04 bits per heavy atom. The van der Waals surface area contributed by atoms with Crippen molar-refractivity contribution >= 4 is 23.8 Å². The van der Waals surface area contributed by atoms with Gasteiger partial charge in [-0.1, -0.05) is 17.7 Å². The number of ether oxygens (including phenoxy) is 1. The Hall–Kier alpha value is -3.19. The predicted octanol–water partition coefficient (Wildman–Crippen LogP) is 3.68. The second kappa shape index (κ2) is 7.79. The van der Waals surface area contributed by atoms with Crippen molar-refractivity contribution in [1.82, 2.24) is 9.97 Å². The van der Waals surface area contributed by atoms with Crippen LogP contribution in [0.15, 0.2) is 58.4 Å². The number of anilines is 1. The van der Waals surface area contributed by atoms with E-state index in [0.29, 0.717) is 11.4 Å². The van der Waals surface area contributed by atoms with Gasteiger partial charge in [0.1, 0.15) is 11.6 Å². The van der Waals surface area contributed by atoms with Gasteiger partial charge >= 0.3 is 0 Å². The topological polar surface area (TPSA) is 79.4 Å². The molecule has 1 heterocycles. The lowest BCUT2D eigenvalue weighted by molar-refractivity contribution is 0.415. The van der Waals surface area contributed by atoms with Crippen LogP contribution in [-0.2, 0) is 0 Å². The molecule has 8 heteroatoms. The van der Waals surface area contributed by atoms with Gasteiger partial charge in [0, 0.05) is 17.2 Å². The molecule has 0 unspecified atom stereocenters. The molecule has 0 radical (unpaired) electrons. The molecule has 0 saturated heterocycles. The SMILES string of the molecule is COc1ccc(-c2cc(=O)[nH]c(N/N=C\c3c(F)cccc3Cl)n2)cc1. The summed E-state index contributed by atoms with van der Waals surface area (Å²) >= 11 is 5.92. The fourth-order valence-electron chi connectivity index (χ4n) is 2.21. The molecule has 0 aliphatic rings. The van der Waals surface area contributed by atoms with Crippen molar-refractivity contribution in [1.29, 1.82) is 0 Å². The van der Waals surface area contributed by atoms with Crippen molar-refractivity contribution in [3.63, 3.8) is 0 Å². The quantitative estimate of drug-likeness (QED) is 0.529. The van der Waals surface area contributed by atoms with Gasteiger partial charge < -0.3 is 4.74 Å². The summed E-state index contributed by atoms with van der Waals surface area (Å²) in [7, 11) is 1.57. The average molecular weight is 373 g/mol. The first-order chi connectivity index (χ1) is 12.6. The third kappa shape index (κ3) is 4.07. The molecule has 0 saturated carbocycles. The molecule has 132 valence electrons. The number of nitrogens with one attached hydrogen (secondary N) is 2. The lowest BCUT2D eigenvalue weighted by Gasteiger charge is -2.05. The highest BCUT2D eigenvalue weighted by atomic mass is 35.5. The average Bonchev–Trinajstić information content (AvgIpc) is 2.64. The highest BCUT2D eigenvalue weighted by Gasteiger charge is 2.06. The van der Waals surface area contributed by atoms with Crippen LogP contribution in [-0.4, -0.2) is 23.3 Å². The number of benzene rings is 2. The minimum Gasteiger partial charge on any atom is -0.497 e. The van der Waals surface area contributed by atoms with Crippen LogP contribution < -0.4 is 15.7 Å². The number of hydrogen-bond donors (Lipinski definition) is 2. The number of rotatable bonds is 5. The first kappa shape index (κ1) is 17.6. The van der Waals surface area contributed by atoms with Gasteiger partial charge in [0.05, 0.1) is 24.0 Å². The van der Waals surface area contributed by atoms with E-state index in [2.05, 4.69) is 20.5 Å². The highest BCUT2D eigenvalue weighted by molar-refractivity contribution is 6.33. The van der Waals surface area contributed by atoms with E-state index in [1.165, 1.54) is 24.4 Å². The Morgan fingerprint density at radius 1 is 1.27 bits per heavy atom. The summed E-state index contributed by atoms with van der Waals surface area (Å²) in [4.78, 5) is 18.7. The maximum atomic E-state index is 13.7. The molecular formula is C18H14ClFN4O2. The summed E-state index contributed by atoms with van der Waals surface area (Å²) in [5, 5.41) is 4.11. The van der Waals surface area contributed by atoms with Gasteiger partial charge in [-0.25, -0.2) is 14.8 Å². The lowest BCUT2D eigenvalue weighted by Crippen LogP contribution is -2.10. The van der Waals surface area contributed by atoms with E-state index in [-0.39, 0.29) is 22.1 Å². The Kier molecular flexibility index (Phi) is 5.28. The van der Waals surface area contributed by atoms with Crippen LogP contribution >= 0.6 is 11.6 Å². The van der Waals surface area contributed by atoms with Gasteiger partial charge in [-0.2, -0.15) is 5.10 Å². The molecule has 2 aromatic carbocycles. The van der Waals surface area contributed by atoms with Crippen molar-refractivity contribution in [3.05, 3.63) is 75.3 Å². The van der Waals surface area contributed by atoms with Gasteiger partial charge in [0.2, 0.25) is 5.95 Å². The molecule has 6 nitrogen and oxygen atoms in total. The third-order valence-electron chi connectivity index (χ3n) is 3.49. The highest BCUT2D eigenvalue weighted by Crippen LogP contribution is 2.20. The Labute approximate surface area is 153 Å². The van der Waals surface area contributed by atoms with Crippen LogP contribution in [0.25, 0.3) is 11.3 Å². The summed E-state index contributed by atoms with van der Waals surface area (Å²) in [6.45, 7) is 0. The lowest BCUT2D eigenvalue weighted by atomic mass is 10.1. The number of hydrogen-bond acceptors (Lipinski definition) is 5. The van der Waals surface area contributed by atoms with E-state index in [0.717, 1.165) is 5.56 Å². The first-order valence-electron chi connectivity index (χ1n) is 7.55. The zero-order valence-electron chi connectivity index (χ0n) is 13.7. The fourth-order valence-corrected chi connectivity index (χ4v) is 2.42. The second-order valence-electron chi connectivity index (χ2n) is 5.21. The molecule has 0 aliphatic heterocycles. The number of H-pyrrole nitrogens is 1. The van der Waals surface area contributed by atoms with E-state index in [1.807, 2.05) is 0 Å². The molecule has 1 aromatic heterocycles. The number of nitrogens with zero attached hydrogens (tertiary/aromatic N) is 2. The van der Waals surface area contributed by atoms with Crippen LogP contribution in [0.4, 0.5) is 10.3 Å². The van der Waals surface area contributed by atoms with Crippen molar-refractivity contribution < 1.29 is 9.13 Å². The zero-order valence-corrected chi connectivity index (χ0v) is 14.4. The Balaban J connectivity index is 1.83. The monoisotopic (exact) mass is 372 g/mol.